The van der Waals surface area contributed by atoms with Gasteiger partial charge in [0.25, 0.3) is 0 Å². The van der Waals surface area contributed by atoms with Gasteiger partial charge in [0.15, 0.2) is 17.6 Å². The van der Waals surface area contributed by atoms with Crippen molar-refractivity contribution in [2.75, 3.05) is 20.8 Å². The van der Waals surface area contributed by atoms with E-state index in [0.29, 0.717) is 41.5 Å². The van der Waals surface area contributed by atoms with E-state index in [-0.39, 0.29) is 11.7 Å². The topological polar surface area (TPSA) is 244 Å². The molecule has 0 bridgehead atoms. The average molecular weight is 798 g/mol. The molecule has 304 valence electrons. The van der Waals surface area contributed by atoms with Crippen LogP contribution in [-0.4, -0.2) is 102 Å². The number of benzene rings is 4. The van der Waals surface area contributed by atoms with Crippen LogP contribution in [0, 0.1) is 0 Å². The first kappa shape index (κ1) is 39.1. The molecular formula is C42H43N3O13. The van der Waals surface area contributed by atoms with Crippen molar-refractivity contribution in [2.45, 2.75) is 73.9 Å². The lowest BCUT2D eigenvalue weighted by Gasteiger charge is -2.43. The fourth-order valence-electron chi connectivity index (χ4n) is 8.26. The largest absolute Gasteiger partial charge is 0.493 e. The molecule has 0 radical (unpaired) electrons. The molecule has 4 aliphatic heterocycles. The molecule has 0 amide bonds. The number of aliphatic hydroxyl groups excluding tert-OH is 3. The van der Waals surface area contributed by atoms with Gasteiger partial charge in [-0.1, -0.05) is 54.6 Å². The number of methoxy groups -OCH3 is 2. The van der Waals surface area contributed by atoms with E-state index in [2.05, 4.69) is 0 Å². The third-order valence-corrected chi connectivity index (χ3v) is 10.9. The van der Waals surface area contributed by atoms with Crippen molar-refractivity contribution in [3.05, 3.63) is 112 Å². The lowest BCUT2D eigenvalue weighted by atomic mass is 9.79. The molecular weight excluding hydrogens is 754 g/mol. The first-order valence-electron chi connectivity index (χ1n) is 18.7. The molecule has 9 atom stereocenters. The SMILES string of the molecule is COc1ccc2c(c1OC)O[C@H]1c3c(cc(O[C@@H]4O[C@H]([C@H](OC(=O)CC(=O)O)C(N)N)[C@@H](O)[C@H](O)[C@H]4O)cc3C3=c4ccccc4=NC3)O[C@H](Cc3ccccc3)[C@@H]21. The Labute approximate surface area is 331 Å². The number of rotatable bonds is 12. The molecule has 0 aromatic heterocycles. The molecule has 4 heterocycles. The maximum Gasteiger partial charge on any atom is 0.317 e. The number of hydrogen-bond donors (Lipinski definition) is 6. The van der Waals surface area contributed by atoms with Crippen LogP contribution in [0.1, 0.15) is 40.7 Å². The van der Waals surface area contributed by atoms with E-state index >= 15 is 0 Å². The van der Waals surface area contributed by atoms with E-state index in [1.807, 2.05) is 66.7 Å². The highest BCUT2D eigenvalue weighted by molar-refractivity contribution is 5.90. The molecule has 0 unspecified atom stereocenters. The molecule has 8 rings (SSSR count). The van der Waals surface area contributed by atoms with Crippen LogP contribution in [0.4, 0.5) is 0 Å². The zero-order valence-electron chi connectivity index (χ0n) is 31.5. The predicted molar refractivity (Wildman–Crippen MR) is 203 cm³/mol. The number of nitrogens with zero attached hydrogens (tertiary/aromatic N) is 1. The minimum atomic E-state index is -1.89. The highest BCUT2D eigenvalue weighted by atomic mass is 16.7. The Bertz CT molecular complexity index is 2340. The summed E-state index contributed by atoms with van der Waals surface area (Å²) in [5.41, 5.74) is 15.9. The van der Waals surface area contributed by atoms with Gasteiger partial charge in [0.2, 0.25) is 12.0 Å². The van der Waals surface area contributed by atoms with Gasteiger partial charge in [0.1, 0.15) is 54.5 Å². The van der Waals surface area contributed by atoms with Gasteiger partial charge in [-0.25, -0.2) is 0 Å². The molecule has 0 aliphatic carbocycles. The van der Waals surface area contributed by atoms with Gasteiger partial charge in [0.05, 0.1) is 38.2 Å². The standard InChI is InChI=1S/C42H43N3O13/c1-52-26-13-12-22-31-27(14-19-8-4-3-5-9-19)55-28-16-20(54-42-35(51)33(49)34(50)39(58-42)40(41(43)44)56-30(48)17-29(46)47)15-23(24-18-45-25-11-7-6-10-21(24)25)32(28)38(31)57-36(22)37(26)53-2/h3-13,15-16,27,31,33-35,38-42,49-51H,14,17-18,43-44H2,1-2H3,(H,46,47)/t27-,31-,33+,34+,35-,38-,39+,40+,42-/m1/s1. The van der Waals surface area contributed by atoms with Crippen LogP contribution in [0.5, 0.6) is 28.7 Å². The zero-order valence-corrected chi connectivity index (χ0v) is 31.5. The summed E-state index contributed by atoms with van der Waals surface area (Å²) in [5.74, 6) is -0.935. The summed E-state index contributed by atoms with van der Waals surface area (Å²) < 4.78 is 42.8. The minimum Gasteiger partial charge on any atom is -0.493 e. The molecule has 0 saturated carbocycles. The normalized spacial score (nSPS) is 25.8. The fourth-order valence-corrected chi connectivity index (χ4v) is 8.26. The van der Waals surface area contributed by atoms with E-state index in [4.69, 9.17) is 54.7 Å². The smallest absolute Gasteiger partial charge is 0.317 e. The maximum absolute atomic E-state index is 12.3. The average Bonchev–Trinajstić information content (AvgIpc) is 3.82. The van der Waals surface area contributed by atoms with Gasteiger partial charge in [-0.3, -0.25) is 14.6 Å². The number of carboxylic acid groups (broad SMARTS) is 1. The van der Waals surface area contributed by atoms with Crippen molar-refractivity contribution >= 4 is 17.5 Å². The number of esters is 1. The number of fused-ring (bicyclic) bond motifs is 6. The predicted octanol–water partition coefficient (Wildman–Crippen LogP) is 0.573. The molecule has 1 fully saturated rings. The van der Waals surface area contributed by atoms with Crippen LogP contribution < -0.4 is 45.7 Å². The molecule has 4 aliphatic rings. The summed E-state index contributed by atoms with van der Waals surface area (Å²) in [6.07, 6.45) is -13.6. The highest BCUT2D eigenvalue weighted by Crippen LogP contribution is 2.59. The number of carbonyl (C=O) groups excluding carboxylic acids is 1. The maximum atomic E-state index is 12.3. The molecule has 58 heavy (non-hydrogen) atoms. The van der Waals surface area contributed by atoms with Gasteiger partial charge in [-0.2, -0.15) is 0 Å². The van der Waals surface area contributed by atoms with Crippen LogP contribution in [0.2, 0.25) is 0 Å². The number of aliphatic carboxylic acids is 1. The molecule has 16 heteroatoms. The number of ether oxygens (including phenoxy) is 7. The number of aliphatic hydroxyl groups is 3. The van der Waals surface area contributed by atoms with E-state index in [9.17, 15) is 24.9 Å². The minimum absolute atomic E-state index is 0.139. The number of para-hydroxylation sites is 1. The van der Waals surface area contributed by atoms with E-state index in [0.717, 1.165) is 32.8 Å². The quantitative estimate of drug-likeness (QED) is 0.0652. The van der Waals surface area contributed by atoms with Crippen LogP contribution in [0.15, 0.2) is 83.9 Å². The summed E-state index contributed by atoms with van der Waals surface area (Å²) in [5, 5.41) is 43.9. The fraction of sp³-hybridized carbons (Fsp3) is 0.357. The highest BCUT2D eigenvalue weighted by Gasteiger charge is 2.52. The Morgan fingerprint density at radius 2 is 1.67 bits per heavy atom. The second-order valence-electron chi connectivity index (χ2n) is 14.5. The zero-order chi connectivity index (χ0) is 40.8. The summed E-state index contributed by atoms with van der Waals surface area (Å²) in [6, 6.07) is 24.8. The number of carboxylic acids is 1. The third-order valence-electron chi connectivity index (χ3n) is 10.9. The van der Waals surface area contributed by atoms with Crippen molar-refractivity contribution in [2.24, 2.45) is 16.5 Å². The summed E-state index contributed by atoms with van der Waals surface area (Å²) in [4.78, 5) is 28.3. The van der Waals surface area contributed by atoms with Gasteiger partial charge >= 0.3 is 11.9 Å². The van der Waals surface area contributed by atoms with Gasteiger partial charge in [-0.05, 0) is 34.9 Å². The Morgan fingerprint density at radius 1 is 0.914 bits per heavy atom. The van der Waals surface area contributed by atoms with Crippen LogP contribution in [0.3, 0.4) is 0 Å². The van der Waals surface area contributed by atoms with Crippen molar-refractivity contribution < 1.29 is 63.2 Å². The number of carbonyl (C=O) groups is 2. The number of nitrogens with two attached hydrogens (primary N) is 2. The van der Waals surface area contributed by atoms with Crippen molar-refractivity contribution in [1.82, 2.24) is 0 Å². The second-order valence-corrected chi connectivity index (χ2v) is 14.5. The molecule has 0 spiro atoms. The molecule has 16 nitrogen and oxygen atoms in total. The Morgan fingerprint density at radius 3 is 2.40 bits per heavy atom. The van der Waals surface area contributed by atoms with Crippen molar-refractivity contribution in [3.8, 4) is 28.7 Å². The van der Waals surface area contributed by atoms with E-state index in [1.165, 1.54) is 0 Å². The van der Waals surface area contributed by atoms with Crippen molar-refractivity contribution in [3.63, 3.8) is 0 Å². The summed E-state index contributed by atoms with van der Waals surface area (Å²) in [7, 11) is 3.12. The first-order valence-corrected chi connectivity index (χ1v) is 18.7. The molecule has 1 saturated heterocycles. The second kappa shape index (κ2) is 15.9. The Kier molecular flexibility index (Phi) is 10.7. The molecule has 4 aromatic rings. The molecule has 8 N–H and O–H groups in total. The lowest BCUT2D eigenvalue weighted by molar-refractivity contribution is -0.291. The van der Waals surface area contributed by atoms with Gasteiger partial charge in [-0.15, -0.1) is 0 Å². The summed E-state index contributed by atoms with van der Waals surface area (Å²) >= 11 is 0. The number of hydrogen-bond acceptors (Lipinski definition) is 15. The van der Waals surface area contributed by atoms with Crippen LogP contribution >= 0.6 is 0 Å². The third kappa shape index (κ3) is 7.08. The Balaban J connectivity index is 1.24. The van der Waals surface area contributed by atoms with E-state index < -0.39 is 73.5 Å². The molecule has 4 aromatic carbocycles. The monoisotopic (exact) mass is 797 g/mol. The Hall–Kier alpha value is -5.75. The van der Waals surface area contributed by atoms with Gasteiger partial charge < -0.3 is 65.1 Å². The van der Waals surface area contributed by atoms with Gasteiger partial charge in [0, 0.05) is 28.8 Å². The van der Waals surface area contributed by atoms with E-state index in [1.54, 1.807) is 26.4 Å². The lowest BCUT2D eigenvalue weighted by Crippen LogP contribution is -2.66. The van der Waals surface area contributed by atoms with Crippen LogP contribution in [0.25, 0.3) is 5.57 Å². The summed E-state index contributed by atoms with van der Waals surface area (Å²) in [6.45, 7) is 0.317. The first-order chi connectivity index (χ1) is 28.0. The van der Waals surface area contributed by atoms with Crippen molar-refractivity contribution in [1.29, 1.82) is 0 Å². The van der Waals surface area contributed by atoms with Crippen LogP contribution in [-0.2, 0) is 25.5 Å².